The maximum absolute atomic E-state index is 12.6. The molecule has 0 fully saturated rings. The molecule has 1 heterocycles. The number of anilines is 1. The summed E-state index contributed by atoms with van der Waals surface area (Å²) in [6.45, 7) is 3.58. The van der Waals surface area contributed by atoms with Gasteiger partial charge < -0.3 is 20.8 Å². The predicted molar refractivity (Wildman–Crippen MR) is 99.0 cm³/mol. The van der Waals surface area contributed by atoms with E-state index in [-0.39, 0.29) is 24.2 Å². The van der Waals surface area contributed by atoms with Crippen molar-refractivity contribution in [3.63, 3.8) is 0 Å². The largest absolute Gasteiger partial charge is 0.432 e. The SMILES string of the molecule is C=CC(=O)NCc1ccccc1C(=O)Nc1ccc2oc(C(N)=O)nc2c1. The highest BCUT2D eigenvalue weighted by Gasteiger charge is 2.14. The van der Waals surface area contributed by atoms with Gasteiger partial charge >= 0.3 is 5.91 Å². The van der Waals surface area contributed by atoms with Crippen molar-refractivity contribution in [2.75, 3.05) is 5.32 Å². The number of carbonyl (C=O) groups is 3. The Kier molecular flexibility index (Phi) is 4.98. The molecule has 4 N–H and O–H groups in total. The van der Waals surface area contributed by atoms with Crippen LogP contribution >= 0.6 is 0 Å². The number of oxazole rings is 1. The second-order valence-electron chi connectivity index (χ2n) is 5.60. The highest BCUT2D eigenvalue weighted by atomic mass is 16.4. The quantitative estimate of drug-likeness (QED) is 0.576. The summed E-state index contributed by atoms with van der Waals surface area (Å²) in [5, 5.41) is 5.40. The van der Waals surface area contributed by atoms with Crippen LogP contribution in [0, 0.1) is 0 Å². The summed E-state index contributed by atoms with van der Waals surface area (Å²) in [5.74, 6) is -1.65. The average molecular weight is 364 g/mol. The zero-order valence-corrected chi connectivity index (χ0v) is 14.2. The fourth-order valence-corrected chi connectivity index (χ4v) is 2.46. The van der Waals surface area contributed by atoms with Crippen molar-refractivity contribution in [1.29, 1.82) is 0 Å². The molecule has 2 aromatic carbocycles. The lowest BCUT2D eigenvalue weighted by molar-refractivity contribution is -0.116. The number of hydrogen-bond donors (Lipinski definition) is 3. The molecule has 8 heteroatoms. The first-order valence-electron chi connectivity index (χ1n) is 7.98. The van der Waals surface area contributed by atoms with Gasteiger partial charge in [0.25, 0.3) is 11.8 Å². The fraction of sp³-hybridized carbons (Fsp3) is 0.0526. The molecule has 0 bridgehead atoms. The maximum Gasteiger partial charge on any atom is 0.304 e. The van der Waals surface area contributed by atoms with E-state index in [4.69, 9.17) is 10.2 Å². The minimum atomic E-state index is -0.771. The third kappa shape index (κ3) is 4.01. The summed E-state index contributed by atoms with van der Waals surface area (Å²) in [4.78, 5) is 39.1. The third-order valence-electron chi connectivity index (χ3n) is 3.76. The smallest absolute Gasteiger partial charge is 0.304 e. The highest BCUT2D eigenvalue weighted by molar-refractivity contribution is 6.06. The first-order valence-corrected chi connectivity index (χ1v) is 7.98. The molecule has 0 spiro atoms. The van der Waals surface area contributed by atoms with Crippen LogP contribution in [0.2, 0.25) is 0 Å². The molecule has 27 heavy (non-hydrogen) atoms. The second-order valence-corrected chi connectivity index (χ2v) is 5.60. The summed E-state index contributed by atoms with van der Waals surface area (Å²) >= 11 is 0. The fourth-order valence-electron chi connectivity index (χ4n) is 2.46. The highest BCUT2D eigenvalue weighted by Crippen LogP contribution is 2.21. The Labute approximate surface area is 154 Å². The number of nitrogens with two attached hydrogens (primary N) is 1. The molecule has 0 saturated carbocycles. The van der Waals surface area contributed by atoms with Crippen LogP contribution in [0.5, 0.6) is 0 Å². The topological polar surface area (TPSA) is 127 Å². The van der Waals surface area contributed by atoms with Crippen molar-refractivity contribution in [2.45, 2.75) is 6.54 Å². The lowest BCUT2D eigenvalue weighted by Gasteiger charge is -2.10. The Balaban J connectivity index is 1.81. The van der Waals surface area contributed by atoms with Gasteiger partial charge in [-0.25, -0.2) is 4.98 Å². The molecule has 0 aliphatic heterocycles. The maximum atomic E-state index is 12.6. The van der Waals surface area contributed by atoms with Crippen molar-refractivity contribution in [1.82, 2.24) is 10.3 Å². The number of amides is 3. The van der Waals surface area contributed by atoms with Crippen LogP contribution in [0.4, 0.5) is 5.69 Å². The molecular weight excluding hydrogens is 348 g/mol. The predicted octanol–water partition coefficient (Wildman–Crippen LogP) is 1.98. The molecule has 3 rings (SSSR count). The van der Waals surface area contributed by atoms with Crippen LogP contribution in [-0.2, 0) is 11.3 Å². The van der Waals surface area contributed by atoms with Crippen molar-refractivity contribution >= 4 is 34.5 Å². The van der Waals surface area contributed by atoms with E-state index < -0.39 is 5.91 Å². The molecule has 0 atom stereocenters. The van der Waals surface area contributed by atoms with E-state index in [2.05, 4.69) is 22.2 Å². The normalized spacial score (nSPS) is 10.4. The molecular formula is C19H16N4O4. The van der Waals surface area contributed by atoms with Gasteiger partial charge in [-0.2, -0.15) is 0 Å². The Hall–Kier alpha value is -3.94. The van der Waals surface area contributed by atoms with Crippen molar-refractivity contribution in [3.05, 3.63) is 72.1 Å². The molecule has 0 unspecified atom stereocenters. The number of fused-ring (bicyclic) bond motifs is 1. The van der Waals surface area contributed by atoms with E-state index >= 15 is 0 Å². The number of rotatable bonds is 6. The van der Waals surface area contributed by atoms with Gasteiger partial charge in [-0.1, -0.05) is 24.8 Å². The number of primary amides is 1. The average Bonchev–Trinajstić information content (AvgIpc) is 3.10. The van der Waals surface area contributed by atoms with Gasteiger partial charge in [0.15, 0.2) is 5.58 Å². The number of carbonyl (C=O) groups excluding carboxylic acids is 3. The van der Waals surface area contributed by atoms with E-state index in [1.54, 1.807) is 42.5 Å². The number of aromatic nitrogens is 1. The number of benzene rings is 2. The Morgan fingerprint density at radius 1 is 1.19 bits per heavy atom. The molecule has 0 aliphatic carbocycles. The molecule has 8 nitrogen and oxygen atoms in total. The minimum absolute atomic E-state index is 0.193. The van der Waals surface area contributed by atoms with Crippen molar-refractivity contribution in [2.24, 2.45) is 5.73 Å². The van der Waals surface area contributed by atoms with Gasteiger partial charge in [0.05, 0.1) is 0 Å². The van der Waals surface area contributed by atoms with Gasteiger partial charge in [0.2, 0.25) is 5.91 Å². The van der Waals surface area contributed by atoms with Gasteiger partial charge in [-0.05, 0) is 35.9 Å². The first kappa shape index (κ1) is 17.9. The summed E-state index contributed by atoms with van der Waals surface area (Å²) in [5.41, 5.74) is 7.47. The van der Waals surface area contributed by atoms with Crippen molar-refractivity contribution in [3.8, 4) is 0 Å². The van der Waals surface area contributed by atoms with E-state index in [0.29, 0.717) is 27.9 Å². The van der Waals surface area contributed by atoms with Crippen LogP contribution in [0.25, 0.3) is 11.1 Å². The molecule has 1 aromatic heterocycles. The molecule has 0 aliphatic rings. The molecule has 3 aromatic rings. The number of nitrogens with one attached hydrogen (secondary N) is 2. The summed E-state index contributed by atoms with van der Waals surface area (Å²) in [6.07, 6.45) is 1.16. The van der Waals surface area contributed by atoms with Crippen LogP contribution < -0.4 is 16.4 Å². The Morgan fingerprint density at radius 3 is 2.70 bits per heavy atom. The standard InChI is InChI=1S/C19H16N4O4/c1-2-16(24)21-10-11-5-3-4-6-13(11)18(26)22-12-7-8-15-14(9-12)23-19(27-15)17(20)25/h2-9H,1,10H2,(H2,20,25)(H,21,24)(H,22,26). The van der Waals surface area contributed by atoms with E-state index in [0.717, 1.165) is 6.08 Å². The van der Waals surface area contributed by atoms with Crippen LogP contribution in [0.3, 0.4) is 0 Å². The van der Waals surface area contributed by atoms with E-state index in [1.165, 1.54) is 0 Å². The van der Waals surface area contributed by atoms with Crippen LogP contribution in [0.1, 0.15) is 26.6 Å². The van der Waals surface area contributed by atoms with Gasteiger partial charge in [-0.15, -0.1) is 0 Å². The molecule has 3 amide bonds. The number of hydrogen-bond acceptors (Lipinski definition) is 5. The molecule has 136 valence electrons. The monoisotopic (exact) mass is 364 g/mol. The van der Waals surface area contributed by atoms with Crippen LogP contribution in [0.15, 0.2) is 59.5 Å². The van der Waals surface area contributed by atoms with E-state index in [1.807, 2.05) is 0 Å². The third-order valence-corrected chi connectivity index (χ3v) is 3.76. The van der Waals surface area contributed by atoms with E-state index in [9.17, 15) is 14.4 Å². The Morgan fingerprint density at radius 2 is 1.96 bits per heavy atom. The molecule has 0 saturated heterocycles. The zero-order valence-electron chi connectivity index (χ0n) is 14.2. The Bertz CT molecular complexity index is 1050. The summed E-state index contributed by atoms with van der Waals surface area (Å²) in [7, 11) is 0. The summed E-state index contributed by atoms with van der Waals surface area (Å²) < 4.78 is 5.21. The van der Waals surface area contributed by atoms with Gasteiger partial charge in [-0.3, -0.25) is 14.4 Å². The second kappa shape index (κ2) is 7.52. The number of nitrogens with zero attached hydrogens (tertiary/aromatic N) is 1. The lowest BCUT2D eigenvalue weighted by atomic mass is 10.1. The van der Waals surface area contributed by atoms with Gasteiger partial charge in [0, 0.05) is 17.8 Å². The lowest BCUT2D eigenvalue weighted by Crippen LogP contribution is -2.22. The first-order chi connectivity index (χ1) is 13.0. The summed E-state index contributed by atoms with van der Waals surface area (Å²) in [6, 6.07) is 11.7. The zero-order chi connectivity index (χ0) is 19.4. The minimum Gasteiger partial charge on any atom is -0.432 e. The molecule has 0 radical (unpaired) electrons. The van der Waals surface area contributed by atoms with Crippen molar-refractivity contribution < 1.29 is 18.8 Å². The van der Waals surface area contributed by atoms with Gasteiger partial charge in [0.1, 0.15) is 5.52 Å². The van der Waals surface area contributed by atoms with Crippen LogP contribution in [-0.4, -0.2) is 22.7 Å².